The van der Waals surface area contributed by atoms with E-state index >= 15 is 0 Å². The molecule has 1 amide bonds. The Labute approximate surface area is 166 Å². The third-order valence-electron chi connectivity index (χ3n) is 3.94. The van der Waals surface area contributed by atoms with Crippen molar-refractivity contribution in [3.8, 4) is 17.1 Å². The van der Waals surface area contributed by atoms with Gasteiger partial charge in [-0.3, -0.25) is 9.89 Å². The molecule has 140 valence electrons. The second-order valence-corrected chi connectivity index (χ2v) is 7.65. The highest BCUT2D eigenvalue weighted by Gasteiger charge is 2.18. The van der Waals surface area contributed by atoms with Crippen LogP contribution in [0.3, 0.4) is 0 Å². The average molecular weight is 403 g/mol. The van der Waals surface area contributed by atoms with Crippen LogP contribution in [-0.4, -0.2) is 33.4 Å². The predicted molar refractivity (Wildman–Crippen MR) is 109 cm³/mol. The summed E-state index contributed by atoms with van der Waals surface area (Å²) in [7, 11) is 1.62. The molecule has 0 saturated carbocycles. The molecule has 1 atom stereocenters. The minimum atomic E-state index is -0.372. The zero-order chi connectivity index (χ0) is 19.4. The molecule has 0 aliphatic heterocycles. The first-order valence-electron chi connectivity index (χ1n) is 8.27. The van der Waals surface area contributed by atoms with Gasteiger partial charge in [0, 0.05) is 16.3 Å². The second kappa shape index (κ2) is 8.45. The van der Waals surface area contributed by atoms with Crippen molar-refractivity contribution in [2.75, 3.05) is 12.4 Å². The number of anilines is 1. The van der Waals surface area contributed by atoms with E-state index in [0.29, 0.717) is 21.7 Å². The van der Waals surface area contributed by atoms with Crippen molar-refractivity contribution in [3.05, 3.63) is 53.1 Å². The van der Waals surface area contributed by atoms with Crippen LogP contribution < -0.4 is 10.1 Å². The largest absolute Gasteiger partial charge is 0.497 e. The van der Waals surface area contributed by atoms with Crippen LogP contribution in [-0.2, 0) is 4.79 Å². The Morgan fingerprint density at radius 3 is 2.70 bits per heavy atom. The van der Waals surface area contributed by atoms with E-state index in [-0.39, 0.29) is 11.2 Å². The van der Waals surface area contributed by atoms with Crippen molar-refractivity contribution in [3.63, 3.8) is 0 Å². The molecule has 0 spiro atoms. The van der Waals surface area contributed by atoms with Crippen molar-refractivity contribution >= 4 is 35.0 Å². The van der Waals surface area contributed by atoms with Gasteiger partial charge in [0.05, 0.1) is 12.4 Å². The van der Waals surface area contributed by atoms with E-state index in [1.165, 1.54) is 11.8 Å². The van der Waals surface area contributed by atoms with Crippen molar-refractivity contribution in [1.29, 1.82) is 0 Å². The third-order valence-corrected chi connectivity index (χ3v) is 5.13. The lowest BCUT2D eigenvalue weighted by Crippen LogP contribution is -2.23. The van der Waals surface area contributed by atoms with Gasteiger partial charge in [0.15, 0.2) is 5.82 Å². The molecule has 6 nitrogen and oxygen atoms in total. The molecule has 0 saturated heterocycles. The van der Waals surface area contributed by atoms with Gasteiger partial charge in [-0.05, 0) is 55.8 Å². The minimum absolute atomic E-state index is 0.138. The molecular formula is C19H19ClN4O2S. The van der Waals surface area contributed by atoms with Crippen LogP contribution in [0.25, 0.3) is 11.4 Å². The Kier molecular flexibility index (Phi) is 6.03. The quantitative estimate of drug-likeness (QED) is 0.591. The number of hydrogen-bond acceptors (Lipinski definition) is 5. The highest BCUT2D eigenvalue weighted by Crippen LogP contribution is 2.26. The Balaban J connectivity index is 1.65. The highest BCUT2D eigenvalue weighted by molar-refractivity contribution is 8.00. The van der Waals surface area contributed by atoms with Crippen molar-refractivity contribution in [1.82, 2.24) is 15.2 Å². The molecule has 0 unspecified atom stereocenters. The normalized spacial score (nSPS) is 11.9. The molecule has 0 aliphatic rings. The number of methoxy groups -OCH3 is 1. The molecule has 8 heteroatoms. The van der Waals surface area contributed by atoms with Gasteiger partial charge in [-0.15, -0.1) is 5.10 Å². The van der Waals surface area contributed by atoms with Gasteiger partial charge >= 0.3 is 0 Å². The first kappa shape index (κ1) is 19.3. The molecule has 0 radical (unpaired) electrons. The molecule has 27 heavy (non-hydrogen) atoms. The van der Waals surface area contributed by atoms with Gasteiger partial charge < -0.3 is 10.1 Å². The van der Waals surface area contributed by atoms with E-state index in [1.807, 2.05) is 44.2 Å². The van der Waals surface area contributed by atoms with Crippen LogP contribution in [0, 0.1) is 6.92 Å². The van der Waals surface area contributed by atoms with Gasteiger partial charge in [-0.1, -0.05) is 29.4 Å². The second-order valence-electron chi connectivity index (χ2n) is 5.90. The van der Waals surface area contributed by atoms with Gasteiger partial charge in [0.25, 0.3) is 0 Å². The summed E-state index contributed by atoms with van der Waals surface area (Å²) in [6.45, 7) is 3.73. The number of thioether (sulfide) groups is 1. The molecule has 0 bridgehead atoms. The molecule has 1 heterocycles. The summed E-state index contributed by atoms with van der Waals surface area (Å²) in [5, 5.41) is 10.7. The van der Waals surface area contributed by atoms with E-state index in [0.717, 1.165) is 16.9 Å². The zero-order valence-corrected chi connectivity index (χ0v) is 16.7. The number of hydrogen-bond donors (Lipinski definition) is 2. The maximum absolute atomic E-state index is 12.5. The Morgan fingerprint density at radius 2 is 2.00 bits per heavy atom. The molecule has 3 aromatic rings. The smallest absolute Gasteiger partial charge is 0.237 e. The van der Waals surface area contributed by atoms with Gasteiger partial charge in [-0.2, -0.15) is 0 Å². The number of H-pyrrole nitrogens is 1. The third kappa shape index (κ3) is 4.81. The number of benzene rings is 2. The van der Waals surface area contributed by atoms with E-state index in [1.54, 1.807) is 19.2 Å². The van der Waals surface area contributed by atoms with Crippen LogP contribution >= 0.6 is 23.4 Å². The Bertz CT molecular complexity index is 943. The van der Waals surface area contributed by atoms with Crippen molar-refractivity contribution in [2.24, 2.45) is 0 Å². The SMILES string of the molecule is COc1ccc(-c2nc(S[C@H](C)C(=O)Nc3cc(Cl)ccc3C)n[nH]2)cc1. The lowest BCUT2D eigenvalue weighted by Gasteiger charge is -2.12. The van der Waals surface area contributed by atoms with Crippen LogP contribution in [0.1, 0.15) is 12.5 Å². The van der Waals surface area contributed by atoms with Crippen LogP contribution in [0.2, 0.25) is 5.02 Å². The van der Waals surface area contributed by atoms with Gasteiger partial charge in [0.1, 0.15) is 5.75 Å². The number of carbonyl (C=O) groups is 1. The van der Waals surface area contributed by atoms with E-state index < -0.39 is 0 Å². The summed E-state index contributed by atoms with van der Waals surface area (Å²) in [5.41, 5.74) is 2.54. The first-order valence-corrected chi connectivity index (χ1v) is 9.52. The van der Waals surface area contributed by atoms with Crippen LogP contribution in [0.4, 0.5) is 5.69 Å². The van der Waals surface area contributed by atoms with Crippen LogP contribution in [0.15, 0.2) is 47.6 Å². The summed E-state index contributed by atoms with van der Waals surface area (Å²) in [4.78, 5) is 16.9. The number of nitrogens with zero attached hydrogens (tertiary/aromatic N) is 2. The van der Waals surface area contributed by atoms with Gasteiger partial charge in [0.2, 0.25) is 11.1 Å². The molecule has 0 aliphatic carbocycles. The average Bonchev–Trinajstić information content (AvgIpc) is 3.13. The topological polar surface area (TPSA) is 79.9 Å². The zero-order valence-electron chi connectivity index (χ0n) is 15.1. The summed E-state index contributed by atoms with van der Waals surface area (Å²) >= 11 is 7.28. The standard InChI is InChI=1S/C19H19ClN4O2S/c1-11-4-7-14(20)10-16(11)21-18(25)12(2)27-19-22-17(23-24-19)13-5-8-15(26-3)9-6-13/h4-10,12H,1-3H3,(H,21,25)(H,22,23,24)/t12-/m1/s1. The Morgan fingerprint density at radius 1 is 1.26 bits per heavy atom. The molecule has 3 rings (SSSR count). The number of nitrogens with one attached hydrogen (secondary N) is 2. The fraction of sp³-hybridized carbons (Fsp3) is 0.211. The minimum Gasteiger partial charge on any atom is -0.497 e. The highest BCUT2D eigenvalue weighted by atomic mass is 35.5. The number of ether oxygens (including phenoxy) is 1. The lowest BCUT2D eigenvalue weighted by atomic mass is 10.2. The number of aromatic nitrogens is 3. The summed E-state index contributed by atoms with van der Waals surface area (Å²) < 4.78 is 5.15. The Hall–Kier alpha value is -2.51. The van der Waals surface area contributed by atoms with Crippen molar-refractivity contribution < 1.29 is 9.53 Å². The van der Waals surface area contributed by atoms with E-state index in [9.17, 15) is 4.79 Å². The molecule has 2 N–H and O–H groups in total. The fourth-order valence-corrected chi connectivity index (χ4v) is 3.25. The fourth-order valence-electron chi connectivity index (χ4n) is 2.35. The number of amides is 1. The first-order chi connectivity index (χ1) is 13.0. The van der Waals surface area contributed by atoms with Crippen LogP contribution in [0.5, 0.6) is 5.75 Å². The number of rotatable bonds is 6. The summed E-state index contributed by atoms with van der Waals surface area (Å²) in [6, 6.07) is 12.9. The number of aryl methyl sites for hydroxylation is 1. The van der Waals surface area contributed by atoms with Crippen molar-refractivity contribution in [2.45, 2.75) is 24.3 Å². The summed E-state index contributed by atoms with van der Waals surface area (Å²) in [6.07, 6.45) is 0. The lowest BCUT2D eigenvalue weighted by molar-refractivity contribution is -0.115. The molecule has 2 aromatic carbocycles. The predicted octanol–water partition coefficient (Wildman–Crippen LogP) is 4.56. The summed E-state index contributed by atoms with van der Waals surface area (Å²) in [5.74, 6) is 1.27. The molecule has 0 fully saturated rings. The maximum Gasteiger partial charge on any atom is 0.237 e. The van der Waals surface area contributed by atoms with E-state index in [4.69, 9.17) is 16.3 Å². The molecular weight excluding hydrogens is 384 g/mol. The number of halogens is 1. The number of carbonyl (C=O) groups excluding carboxylic acids is 1. The monoisotopic (exact) mass is 402 g/mol. The molecule has 1 aromatic heterocycles. The number of aromatic amines is 1. The van der Waals surface area contributed by atoms with Gasteiger partial charge in [-0.25, -0.2) is 4.98 Å². The maximum atomic E-state index is 12.5. The van der Waals surface area contributed by atoms with E-state index in [2.05, 4.69) is 20.5 Å².